The third-order valence-corrected chi connectivity index (χ3v) is 3.53. The number of esters is 2. The second-order valence-corrected chi connectivity index (χ2v) is 5.30. The molecular formula is C16H20N2O6. The van der Waals surface area contributed by atoms with Gasteiger partial charge >= 0.3 is 18.0 Å². The molecule has 1 saturated heterocycles. The van der Waals surface area contributed by atoms with Gasteiger partial charge in [-0.15, -0.1) is 0 Å². The summed E-state index contributed by atoms with van der Waals surface area (Å²) >= 11 is 0. The van der Waals surface area contributed by atoms with Crippen LogP contribution in [-0.2, 0) is 19.1 Å². The van der Waals surface area contributed by atoms with Gasteiger partial charge < -0.3 is 14.3 Å². The van der Waals surface area contributed by atoms with Gasteiger partial charge in [-0.05, 0) is 31.9 Å². The molecule has 0 saturated carbocycles. The predicted molar refractivity (Wildman–Crippen MR) is 82.7 cm³/mol. The smallest absolute Gasteiger partial charge is 0.438 e. The number of benzene rings is 1. The average Bonchev–Trinajstić information content (AvgIpc) is 2.61. The largest absolute Gasteiger partial charge is 0.448 e. The Labute approximate surface area is 139 Å². The van der Waals surface area contributed by atoms with E-state index < -0.39 is 24.3 Å². The van der Waals surface area contributed by atoms with Crippen LogP contribution in [0.5, 0.6) is 5.75 Å². The van der Waals surface area contributed by atoms with Crippen molar-refractivity contribution < 1.29 is 28.7 Å². The number of hydrogen-bond donors (Lipinski definition) is 1. The first-order valence-electron chi connectivity index (χ1n) is 7.75. The van der Waals surface area contributed by atoms with Crippen molar-refractivity contribution >= 4 is 18.0 Å². The van der Waals surface area contributed by atoms with Gasteiger partial charge in [-0.3, -0.25) is 4.90 Å². The van der Waals surface area contributed by atoms with E-state index in [0.717, 1.165) is 32.4 Å². The van der Waals surface area contributed by atoms with E-state index in [1.165, 1.54) is 0 Å². The molecule has 8 heteroatoms. The number of para-hydroxylation sites is 1. The van der Waals surface area contributed by atoms with E-state index in [1.807, 2.05) is 10.4 Å². The van der Waals surface area contributed by atoms with Crippen LogP contribution in [0, 0.1) is 0 Å². The number of rotatable bonds is 4. The number of piperidine rings is 1. The van der Waals surface area contributed by atoms with Crippen LogP contribution in [-0.4, -0.2) is 42.2 Å². The van der Waals surface area contributed by atoms with Gasteiger partial charge in [0, 0.05) is 13.1 Å². The van der Waals surface area contributed by atoms with Crippen molar-refractivity contribution in [1.82, 2.24) is 10.4 Å². The quantitative estimate of drug-likeness (QED) is 0.386. The monoisotopic (exact) mass is 336 g/mol. The lowest BCUT2D eigenvalue weighted by atomic mass is 10.1. The summed E-state index contributed by atoms with van der Waals surface area (Å²) in [5.41, 5.74) is 1.90. The SMILES string of the molecule is C[C@@H](OC(=O)C(=O)OC(=O)NOc1ccccc1)N1CCCCC1. The van der Waals surface area contributed by atoms with Crippen molar-refractivity contribution in [2.45, 2.75) is 32.4 Å². The zero-order chi connectivity index (χ0) is 17.4. The van der Waals surface area contributed by atoms with Gasteiger partial charge in [0.15, 0.2) is 12.0 Å². The topological polar surface area (TPSA) is 94.2 Å². The second-order valence-electron chi connectivity index (χ2n) is 5.30. The number of nitrogens with one attached hydrogen (secondary N) is 1. The first kappa shape index (κ1) is 17.7. The van der Waals surface area contributed by atoms with E-state index in [9.17, 15) is 14.4 Å². The average molecular weight is 336 g/mol. The maximum atomic E-state index is 11.7. The molecule has 1 aliphatic heterocycles. The lowest BCUT2D eigenvalue weighted by molar-refractivity contribution is -0.173. The van der Waals surface area contributed by atoms with E-state index in [-0.39, 0.29) is 0 Å². The first-order valence-corrected chi connectivity index (χ1v) is 7.75. The number of carbonyl (C=O) groups excluding carboxylic acids is 3. The van der Waals surface area contributed by atoms with Crippen LogP contribution in [0.15, 0.2) is 30.3 Å². The van der Waals surface area contributed by atoms with Crippen LogP contribution in [0.4, 0.5) is 4.79 Å². The maximum Gasteiger partial charge on any atom is 0.448 e. The summed E-state index contributed by atoms with van der Waals surface area (Å²) in [7, 11) is 0. The zero-order valence-corrected chi connectivity index (χ0v) is 13.4. The molecule has 0 bridgehead atoms. The fourth-order valence-corrected chi connectivity index (χ4v) is 2.30. The van der Waals surface area contributed by atoms with Gasteiger partial charge in [0.1, 0.15) is 0 Å². The molecule has 130 valence electrons. The minimum absolute atomic E-state index is 0.350. The Balaban J connectivity index is 1.72. The van der Waals surface area contributed by atoms with Crippen molar-refractivity contribution in [2.75, 3.05) is 13.1 Å². The molecular weight excluding hydrogens is 316 g/mol. The maximum absolute atomic E-state index is 11.7. The molecule has 2 rings (SSSR count). The highest BCUT2D eigenvalue weighted by atomic mass is 16.7. The van der Waals surface area contributed by atoms with Crippen molar-refractivity contribution in [1.29, 1.82) is 0 Å². The molecule has 1 heterocycles. The Morgan fingerprint density at radius 3 is 2.38 bits per heavy atom. The molecule has 8 nitrogen and oxygen atoms in total. The van der Waals surface area contributed by atoms with Crippen LogP contribution in [0.3, 0.4) is 0 Å². The standard InChI is InChI=1S/C16H20N2O6/c1-12(18-10-6-3-7-11-18)22-14(19)15(20)23-16(21)17-24-13-8-4-2-5-9-13/h2,4-5,8-9,12H,3,6-7,10-11H2,1H3,(H,17,21)/t12-/m1/s1. The number of hydroxylamine groups is 1. The summed E-state index contributed by atoms with van der Waals surface area (Å²) in [6.45, 7) is 3.28. The van der Waals surface area contributed by atoms with Crippen LogP contribution in [0.25, 0.3) is 0 Å². The Hall–Kier alpha value is -2.61. The number of amides is 1. The summed E-state index contributed by atoms with van der Waals surface area (Å²) in [5.74, 6) is -2.26. The third-order valence-electron chi connectivity index (χ3n) is 3.53. The van der Waals surface area contributed by atoms with Crippen molar-refractivity contribution in [3.05, 3.63) is 30.3 Å². The fraction of sp³-hybridized carbons (Fsp3) is 0.438. The number of nitrogens with zero attached hydrogens (tertiary/aromatic N) is 1. The predicted octanol–water partition coefficient (Wildman–Crippen LogP) is 1.61. The summed E-state index contributed by atoms with van der Waals surface area (Å²) < 4.78 is 9.32. The van der Waals surface area contributed by atoms with Crippen LogP contribution in [0.1, 0.15) is 26.2 Å². The highest BCUT2D eigenvalue weighted by Crippen LogP contribution is 2.13. The van der Waals surface area contributed by atoms with Gasteiger partial charge in [0.05, 0.1) is 0 Å². The molecule has 0 spiro atoms. The highest BCUT2D eigenvalue weighted by molar-refractivity contribution is 6.31. The van der Waals surface area contributed by atoms with E-state index in [4.69, 9.17) is 9.57 Å². The van der Waals surface area contributed by atoms with Crippen LogP contribution >= 0.6 is 0 Å². The first-order chi connectivity index (χ1) is 11.6. The number of ether oxygens (including phenoxy) is 2. The Morgan fingerprint density at radius 1 is 1.04 bits per heavy atom. The molecule has 1 aromatic rings. The van der Waals surface area contributed by atoms with E-state index in [1.54, 1.807) is 37.3 Å². The summed E-state index contributed by atoms with van der Waals surface area (Å²) in [5, 5.41) is 0. The van der Waals surface area contributed by atoms with Gasteiger partial charge in [0.2, 0.25) is 0 Å². The van der Waals surface area contributed by atoms with Crippen LogP contribution < -0.4 is 10.3 Å². The molecule has 1 atom stereocenters. The Kier molecular flexibility index (Phi) is 6.56. The molecule has 0 aliphatic carbocycles. The zero-order valence-electron chi connectivity index (χ0n) is 13.4. The number of carbonyl (C=O) groups is 3. The fourth-order valence-electron chi connectivity index (χ4n) is 2.30. The lowest BCUT2D eigenvalue weighted by Crippen LogP contribution is -2.42. The molecule has 1 aliphatic rings. The number of hydrogen-bond acceptors (Lipinski definition) is 7. The Morgan fingerprint density at radius 2 is 1.71 bits per heavy atom. The van der Waals surface area contributed by atoms with Gasteiger partial charge in [-0.2, -0.15) is 5.48 Å². The molecule has 0 radical (unpaired) electrons. The van der Waals surface area contributed by atoms with Crippen molar-refractivity contribution in [2.24, 2.45) is 0 Å². The van der Waals surface area contributed by atoms with E-state index in [2.05, 4.69) is 4.74 Å². The van der Waals surface area contributed by atoms with Crippen LogP contribution in [0.2, 0.25) is 0 Å². The molecule has 0 unspecified atom stereocenters. The molecule has 1 N–H and O–H groups in total. The van der Waals surface area contributed by atoms with Gasteiger partial charge in [-0.1, -0.05) is 24.6 Å². The lowest BCUT2D eigenvalue weighted by Gasteiger charge is -2.31. The highest BCUT2D eigenvalue weighted by Gasteiger charge is 2.26. The number of likely N-dealkylation sites (tertiary alicyclic amines) is 1. The summed E-state index contributed by atoms with van der Waals surface area (Å²) in [6, 6.07) is 8.36. The molecule has 0 aromatic heterocycles. The molecule has 24 heavy (non-hydrogen) atoms. The molecule has 1 amide bonds. The second kappa shape index (κ2) is 8.88. The van der Waals surface area contributed by atoms with Gasteiger partial charge in [-0.25, -0.2) is 14.4 Å². The van der Waals surface area contributed by atoms with Crippen molar-refractivity contribution in [3.63, 3.8) is 0 Å². The van der Waals surface area contributed by atoms with E-state index in [0.29, 0.717) is 5.75 Å². The third kappa shape index (κ3) is 5.54. The van der Waals surface area contributed by atoms with Crippen molar-refractivity contribution in [3.8, 4) is 5.75 Å². The van der Waals surface area contributed by atoms with Gasteiger partial charge in [0.25, 0.3) is 0 Å². The summed E-state index contributed by atoms with van der Waals surface area (Å²) in [6.07, 6.45) is 1.43. The van der Waals surface area contributed by atoms with E-state index >= 15 is 0 Å². The minimum Gasteiger partial charge on any atom is -0.438 e. The normalized spacial score (nSPS) is 15.9. The minimum atomic E-state index is -1.40. The Bertz CT molecular complexity index is 571. The molecule has 1 aromatic carbocycles. The summed E-state index contributed by atoms with van der Waals surface area (Å²) in [4.78, 5) is 41.5. The molecule has 1 fully saturated rings.